The summed E-state index contributed by atoms with van der Waals surface area (Å²) >= 11 is 0. The van der Waals surface area contributed by atoms with Crippen molar-refractivity contribution in [2.75, 3.05) is 0 Å². The number of hydrogen-bond acceptors (Lipinski definition) is 0. The molecule has 55 valence electrons. The van der Waals surface area contributed by atoms with E-state index in [0.717, 1.165) is 12.8 Å². The molecule has 0 aromatic heterocycles. The first-order chi connectivity index (χ1) is 4.13. The third-order valence-electron chi connectivity index (χ3n) is 1.28. The van der Waals surface area contributed by atoms with Gasteiger partial charge in [-0.2, -0.15) is 0 Å². The van der Waals surface area contributed by atoms with Crippen LogP contribution in [0.1, 0.15) is 40.0 Å². The minimum atomic E-state index is -0.621. The lowest BCUT2D eigenvalue weighted by Gasteiger charge is -2.03. The van der Waals surface area contributed by atoms with Crippen LogP contribution < -0.4 is 0 Å². The fourth-order valence-electron chi connectivity index (χ4n) is 0.737. The van der Waals surface area contributed by atoms with Crippen LogP contribution in [0.25, 0.3) is 0 Å². The zero-order chi connectivity index (χ0) is 7.28. The molecule has 0 aliphatic carbocycles. The second-order valence-corrected chi connectivity index (χ2v) is 2.88. The van der Waals surface area contributed by atoms with Crippen LogP contribution in [-0.4, -0.2) is 6.17 Å². The van der Waals surface area contributed by atoms with Gasteiger partial charge in [0.05, 0.1) is 6.17 Å². The van der Waals surface area contributed by atoms with E-state index in [9.17, 15) is 4.39 Å². The molecule has 0 aromatic carbocycles. The van der Waals surface area contributed by atoms with Crippen molar-refractivity contribution in [1.82, 2.24) is 0 Å². The molecule has 1 unspecified atom stereocenters. The van der Waals surface area contributed by atoms with Gasteiger partial charge in [-0.3, -0.25) is 0 Å². The lowest BCUT2D eigenvalue weighted by atomic mass is 10.1. The molecule has 0 heterocycles. The van der Waals surface area contributed by atoms with Crippen molar-refractivity contribution >= 4 is 0 Å². The zero-order valence-corrected chi connectivity index (χ0v) is 6.58. The first-order valence-corrected chi connectivity index (χ1v) is 3.56. The third-order valence-corrected chi connectivity index (χ3v) is 1.28. The number of hydrogen-bond donors (Lipinski definition) is 0. The molecular weight excluding hydrogens is 115 g/mol. The molecule has 0 saturated carbocycles. The molecule has 0 N–H and O–H groups in total. The van der Waals surface area contributed by atoms with Crippen LogP contribution in [0.3, 0.4) is 0 Å². The van der Waals surface area contributed by atoms with Gasteiger partial charge >= 0.3 is 0 Å². The molecule has 0 aromatic rings. The van der Waals surface area contributed by atoms with Gasteiger partial charge in [0.15, 0.2) is 0 Å². The number of rotatable bonds is 4. The molecule has 0 saturated heterocycles. The molecule has 9 heavy (non-hydrogen) atoms. The van der Waals surface area contributed by atoms with Gasteiger partial charge in [-0.15, -0.1) is 0 Å². The van der Waals surface area contributed by atoms with Gasteiger partial charge in [-0.25, -0.2) is 4.39 Å². The van der Waals surface area contributed by atoms with Crippen molar-refractivity contribution in [3.63, 3.8) is 0 Å². The van der Waals surface area contributed by atoms with E-state index < -0.39 is 6.17 Å². The fourth-order valence-corrected chi connectivity index (χ4v) is 0.737. The lowest BCUT2D eigenvalue weighted by Crippen LogP contribution is -1.93. The molecule has 0 aliphatic heterocycles. The van der Waals surface area contributed by atoms with E-state index >= 15 is 0 Å². The van der Waals surface area contributed by atoms with Crippen molar-refractivity contribution in [2.24, 2.45) is 0 Å². The van der Waals surface area contributed by atoms with E-state index in [1.807, 2.05) is 0 Å². The highest BCUT2D eigenvalue weighted by atomic mass is 19.1. The smallest absolute Gasteiger partial charge is 0.0973 e. The first-order valence-electron chi connectivity index (χ1n) is 3.56. The summed E-state index contributed by atoms with van der Waals surface area (Å²) in [6, 6.07) is 0. The Morgan fingerprint density at radius 3 is 2.33 bits per heavy atom. The average molecular weight is 131 g/mol. The van der Waals surface area contributed by atoms with Crippen LogP contribution in [-0.2, 0) is 0 Å². The normalized spacial score (nSPS) is 14.3. The molecular formula is C8H16F. The average Bonchev–Trinajstić information content (AvgIpc) is 1.63. The maximum atomic E-state index is 12.1. The van der Waals surface area contributed by atoms with Gasteiger partial charge in [0.1, 0.15) is 0 Å². The molecule has 0 rings (SSSR count). The van der Waals surface area contributed by atoms with Gasteiger partial charge in [-0.05, 0) is 25.7 Å². The predicted octanol–water partition coefficient (Wildman–Crippen LogP) is 3.13. The highest BCUT2D eigenvalue weighted by Gasteiger charge is 1.98. The molecule has 0 aliphatic rings. The molecule has 0 nitrogen and oxygen atoms in total. The molecule has 1 radical (unpaired) electrons. The number of alkyl halides is 1. The Morgan fingerprint density at radius 2 is 2.00 bits per heavy atom. The van der Waals surface area contributed by atoms with E-state index in [4.69, 9.17) is 0 Å². The van der Waals surface area contributed by atoms with Crippen molar-refractivity contribution in [3.8, 4) is 0 Å². The van der Waals surface area contributed by atoms with E-state index in [1.165, 1.54) is 5.92 Å². The molecule has 0 fully saturated rings. The van der Waals surface area contributed by atoms with E-state index in [2.05, 4.69) is 13.8 Å². The van der Waals surface area contributed by atoms with Gasteiger partial charge < -0.3 is 0 Å². The van der Waals surface area contributed by atoms with Gasteiger partial charge in [0.25, 0.3) is 0 Å². The fraction of sp³-hybridized carbons (Fsp3) is 0.875. The van der Waals surface area contributed by atoms with Crippen LogP contribution in [0.4, 0.5) is 4.39 Å². The first kappa shape index (κ1) is 8.93. The van der Waals surface area contributed by atoms with E-state index in [-0.39, 0.29) is 0 Å². The SMILES string of the molecule is C[C](C)CCCC(C)F. The summed E-state index contributed by atoms with van der Waals surface area (Å²) in [6.07, 6.45) is 2.17. The van der Waals surface area contributed by atoms with Crippen molar-refractivity contribution < 1.29 is 4.39 Å². The molecule has 0 amide bonds. The second-order valence-electron chi connectivity index (χ2n) is 2.88. The van der Waals surface area contributed by atoms with Crippen molar-refractivity contribution in [1.29, 1.82) is 0 Å². The van der Waals surface area contributed by atoms with Crippen molar-refractivity contribution in [2.45, 2.75) is 46.2 Å². The highest BCUT2D eigenvalue weighted by molar-refractivity contribution is 4.76. The Bertz CT molecular complexity index is 49.6. The maximum Gasteiger partial charge on any atom is 0.0973 e. The summed E-state index contributed by atoms with van der Waals surface area (Å²) < 4.78 is 12.1. The van der Waals surface area contributed by atoms with E-state index in [1.54, 1.807) is 6.92 Å². The van der Waals surface area contributed by atoms with Crippen molar-refractivity contribution in [3.05, 3.63) is 5.92 Å². The number of halogens is 1. The Kier molecular flexibility index (Phi) is 4.74. The summed E-state index contributed by atoms with van der Waals surface area (Å²) in [5.41, 5.74) is 0. The van der Waals surface area contributed by atoms with E-state index in [0.29, 0.717) is 6.42 Å². The zero-order valence-electron chi connectivity index (χ0n) is 6.58. The summed E-state index contributed by atoms with van der Waals surface area (Å²) in [5, 5.41) is 0. The standard InChI is InChI=1S/C8H16F/c1-7(2)5-4-6-8(3)9/h8H,4-6H2,1-3H3. The monoisotopic (exact) mass is 131 g/mol. The summed E-state index contributed by atoms with van der Waals surface area (Å²) in [5.74, 6) is 1.40. The molecule has 0 bridgehead atoms. The Balaban J connectivity index is 2.91. The quantitative estimate of drug-likeness (QED) is 0.550. The highest BCUT2D eigenvalue weighted by Crippen LogP contribution is 2.10. The summed E-state index contributed by atoms with van der Waals surface area (Å²) in [4.78, 5) is 0. The largest absolute Gasteiger partial charge is 0.248 e. The summed E-state index contributed by atoms with van der Waals surface area (Å²) in [6.45, 7) is 5.79. The Labute approximate surface area is 57.5 Å². The molecule has 0 spiro atoms. The summed E-state index contributed by atoms with van der Waals surface area (Å²) in [7, 11) is 0. The van der Waals surface area contributed by atoms with Gasteiger partial charge in [-0.1, -0.05) is 20.3 Å². The molecule has 1 heteroatoms. The second kappa shape index (κ2) is 4.78. The maximum absolute atomic E-state index is 12.1. The minimum absolute atomic E-state index is 0.621. The van der Waals surface area contributed by atoms with Crippen LogP contribution >= 0.6 is 0 Å². The molecule has 1 atom stereocenters. The predicted molar refractivity (Wildman–Crippen MR) is 39.0 cm³/mol. The third kappa shape index (κ3) is 7.93. The Hall–Kier alpha value is -0.0700. The Morgan fingerprint density at radius 1 is 1.44 bits per heavy atom. The van der Waals surface area contributed by atoms with Gasteiger partial charge in [0, 0.05) is 0 Å². The van der Waals surface area contributed by atoms with Crippen LogP contribution in [0.5, 0.6) is 0 Å². The van der Waals surface area contributed by atoms with Gasteiger partial charge in [0.2, 0.25) is 0 Å². The van der Waals surface area contributed by atoms with Crippen LogP contribution in [0.2, 0.25) is 0 Å². The lowest BCUT2D eigenvalue weighted by molar-refractivity contribution is 0.332. The van der Waals surface area contributed by atoms with Crippen LogP contribution in [0, 0.1) is 5.92 Å². The van der Waals surface area contributed by atoms with Crippen LogP contribution in [0.15, 0.2) is 0 Å². The minimum Gasteiger partial charge on any atom is -0.248 e. The topological polar surface area (TPSA) is 0 Å².